The van der Waals surface area contributed by atoms with Crippen LogP contribution in [-0.2, 0) is 52.8 Å². The van der Waals surface area contributed by atoms with Gasteiger partial charge in [0.05, 0.1) is 45.8 Å². The molecule has 0 atom stereocenters. The molecule has 0 unspecified atom stereocenters. The van der Waals surface area contributed by atoms with E-state index in [9.17, 15) is 33.6 Å². The maximum absolute atomic E-state index is 14.5. The van der Waals surface area contributed by atoms with Gasteiger partial charge >= 0.3 is 0 Å². The van der Waals surface area contributed by atoms with Crippen molar-refractivity contribution in [1.82, 2.24) is 55.0 Å². The summed E-state index contributed by atoms with van der Waals surface area (Å²) in [5.74, 6) is -2.72. The standard InChI is InChI=1S/C57H78N14O7S/c1-4-25-67(54(76)39-69(27-12-22-62-57(58)59)51(73)34-60-23-19-41-31-63-47-16-9-6-13-44(41)47)37-52(74)66(3)36-53(75)71(29-21-43-33-65-49-18-11-8-15-46(43)49)40-55(77)68(26-5-2)38-56(78)70(35-50(72)61-24-30-79)28-20-42-32-64-48-17-10-7-14-45(42)48/h6-11,13-18,31-33,60,63-65,79H,4-5,12,19-30,34-40H2,1-3H3,(H,61,72)(H4,58,59,62). The molecule has 22 heteroatoms. The molecule has 0 saturated heterocycles. The molecule has 79 heavy (non-hydrogen) atoms. The Morgan fingerprint density at radius 1 is 0.519 bits per heavy atom. The molecular weight excluding hydrogens is 1020 g/mol. The van der Waals surface area contributed by atoms with Crippen LogP contribution in [-0.4, -0.2) is 203 Å². The lowest BCUT2D eigenvalue weighted by atomic mass is 10.1. The van der Waals surface area contributed by atoms with Gasteiger partial charge < -0.3 is 66.5 Å². The van der Waals surface area contributed by atoms with E-state index in [4.69, 9.17) is 11.5 Å². The third-order valence-corrected chi connectivity index (χ3v) is 13.9. The van der Waals surface area contributed by atoms with Crippen LogP contribution >= 0.6 is 12.6 Å². The van der Waals surface area contributed by atoms with E-state index in [1.54, 1.807) is 0 Å². The first kappa shape index (κ1) is 60.4. The van der Waals surface area contributed by atoms with Crippen LogP contribution in [0.5, 0.6) is 0 Å². The molecule has 6 aromatic rings. The topological polar surface area (TPSA) is 275 Å². The van der Waals surface area contributed by atoms with Gasteiger partial charge in [-0.25, -0.2) is 0 Å². The van der Waals surface area contributed by atoms with E-state index in [1.165, 1.54) is 36.4 Å². The van der Waals surface area contributed by atoms with Crippen molar-refractivity contribution in [3.63, 3.8) is 0 Å². The van der Waals surface area contributed by atoms with Crippen LogP contribution in [0.1, 0.15) is 49.8 Å². The van der Waals surface area contributed by atoms with E-state index < -0.39 is 36.1 Å². The van der Waals surface area contributed by atoms with Crippen molar-refractivity contribution in [2.75, 3.05) is 111 Å². The first-order valence-electron chi connectivity index (χ1n) is 27.1. The molecule has 3 aromatic heterocycles. The molecular formula is C57H78N14O7S. The Bertz CT molecular complexity index is 3020. The second-order valence-electron chi connectivity index (χ2n) is 19.6. The first-order chi connectivity index (χ1) is 38.2. The number of fused-ring (bicyclic) bond motifs is 3. The van der Waals surface area contributed by atoms with Crippen molar-refractivity contribution in [1.29, 1.82) is 0 Å². The van der Waals surface area contributed by atoms with Crippen LogP contribution in [0.15, 0.2) is 96.4 Å². The van der Waals surface area contributed by atoms with Crippen LogP contribution < -0.4 is 22.1 Å². The number of hydrogen-bond acceptors (Lipinski definition) is 10. The van der Waals surface area contributed by atoms with Crippen LogP contribution in [0.3, 0.4) is 0 Å². The van der Waals surface area contributed by atoms with Crippen molar-refractivity contribution in [2.45, 2.75) is 52.4 Å². The summed E-state index contributed by atoms with van der Waals surface area (Å²) in [5.41, 5.74) is 17.0. The fourth-order valence-corrected chi connectivity index (χ4v) is 9.53. The maximum atomic E-state index is 14.5. The number of likely N-dealkylation sites (N-methyl/N-ethyl adjacent to an activating group) is 1. The summed E-state index contributed by atoms with van der Waals surface area (Å²) < 4.78 is 0. The third-order valence-electron chi connectivity index (χ3n) is 13.7. The number of aromatic amines is 3. The number of thiol groups is 1. The number of para-hydroxylation sites is 3. The number of carbonyl (C=O) groups excluding carboxylic acids is 7. The van der Waals surface area contributed by atoms with Crippen molar-refractivity contribution < 1.29 is 33.6 Å². The minimum atomic E-state index is -0.521. The van der Waals surface area contributed by atoms with E-state index in [0.29, 0.717) is 57.4 Å². The normalized spacial score (nSPS) is 11.1. The summed E-state index contributed by atoms with van der Waals surface area (Å²) in [6, 6.07) is 23.6. The minimum Gasteiger partial charge on any atom is -0.370 e. The zero-order chi connectivity index (χ0) is 56.7. The highest BCUT2D eigenvalue weighted by Crippen LogP contribution is 2.21. The van der Waals surface area contributed by atoms with E-state index in [0.717, 1.165) is 49.4 Å². The van der Waals surface area contributed by atoms with Gasteiger partial charge in [0.25, 0.3) is 0 Å². The Balaban J connectivity index is 1.12. The predicted octanol–water partition coefficient (Wildman–Crippen LogP) is 2.88. The number of rotatable bonds is 33. The lowest BCUT2D eigenvalue weighted by molar-refractivity contribution is -0.147. The minimum absolute atomic E-state index is 0.0258. The van der Waals surface area contributed by atoms with Crippen LogP contribution in [0.4, 0.5) is 0 Å². The highest BCUT2D eigenvalue weighted by molar-refractivity contribution is 7.80. The molecule has 9 N–H and O–H groups in total. The Morgan fingerprint density at radius 3 is 1.41 bits per heavy atom. The number of nitrogens with one attached hydrogen (secondary N) is 5. The highest BCUT2D eigenvalue weighted by atomic mass is 32.1. The fraction of sp³-hybridized carbons (Fsp3) is 0.439. The van der Waals surface area contributed by atoms with Crippen LogP contribution in [0, 0.1) is 0 Å². The molecule has 21 nitrogen and oxygen atoms in total. The van der Waals surface area contributed by atoms with Gasteiger partial charge in [0, 0.05) is 110 Å². The summed E-state index contributed by atoms with van der Waals surface area (Å²) in [6.45, 7) is 3.72. The number of benzene rings is 3. The largest absolute Gasteiger partial charge is 0.370 e. The summed E-state index contributed by atoms with van der Waals surface area (Å²) in [5, 5.41) is 9.08. The SMILES string of the molecule is CCCN(CC(=O)N(C)CC(=O)N(CCc1c[nH]c2ccccc12)CC(=O)N(CCC)CC(=O)N(CCc1c[nH]c2ccccc12)CC(=O)NCCS)C(=O)CN(CCCN=C(N)N)C(=O)CNCCc1c[nH]c2ccccc12. The number of guanidine groups is 1. The van der Waals surface area contributed by atoms with Gasteiger partial charge in [-0.05, 0) is 80.0 Å². The molecule has 0 bridgehead atoms. The zero-order valence-corrected chi connectivity index (χ0v) is 46.7. The molecule has 3 heterocycles. The second-order valence-corrected chi connectivity index (χ2v) is 20.0. The molecule has 424 valence electrons. The molecule has 6 rings (SSSR count). The van der Waals surface area contributed by atoms with Crippen molar-refractivity contribution >= 4 is 92.6 Å². The summed E-state index contributed by atoms with van der Waals surface area (Å²) in [6.07, 6.45) is 8.62. The van der Waals surface area contributed by atoms with Gasteiger partial charge in [-0.3, -0.25) is 38.6 Å². The van der Waals surface area contributed by atoms with Crippen molar-refractivity contribution in [3.05, 3.63) is 108 Å². The molecule has 0 saturated carbocycles. The zero-order valence-electron chi connectivity index (χ0n) is 45.8. The van der Waals surface area contributed by atoms with Crippen LogP contribution in [0.25, 0.3) is 32.7 Å². The first-order valence-corrected chi connectivity index (χ1v) is 27.7. The Hall–Kier alpha value is -7.85. The number of H-pyrrole nitrogens is 3. The Kier molecular flexibility index (Phi) is 23.6. The number of nitrogens with two attached hydrogens (primary N) is 2. The Morgan fingerprint density at radius 2 is 0.937 bits per heavy atom. The lowest BCUT2D eigenvalue weighted by Crippen LogP contribution is -2.52. The maximum Gasteiger partial charge on any atom is 0.242 e. The monoisotopic (exact) mass is 1100 g/mol. The molecule has 0 aliphatic heterocycles. The van der Waals surface area contributed by atoms with E-state index in [1.807, 2.05) is 105 Å². The quantitative estimate of drug-likeness (QED) is 0.0129. The smallest absolute Gasteiger partial charge is 0.242 e. The van der Waals surface area contributed by atoms with Crippen molar-refractivity contribution in [2.24, 2.45) is 16.5 Å². The van der Waals surface area contributed by atoms with Crippen LogP contribution in [0.2, 0.25) is 0 Å². The third kappa shape index (κ3) is 18.1. The molecule has 0 radical (unpaired) electrons. The lowest BCUT2D eigenvalue weighted by Gasteiger charge is -2.31. The number of amides is 7. The van der Waals surface area contributed by atoms with E-state index >= 15 is 0 Å². The number of aromatic nitrogens is 3. The average molecular weight is 1100 g/mol. The molecule has 0 aliphatic rings. The highest BCUT2D eigenvalue weighted by Gasteiger charge is 2.29. The fourth-order valence-electron chi connectivity index (χ4n) is 9.42. The number of carbonyl (C=O) groups is 7. The molecule has 0 fully saturated rings. The van der Waals surface area contributed by atoms with E-state index in [2.05, 4.69) is 43.2 Å². The van der Waals surface area contributed by atoms with E-state index in [-0.39, 0.29) is 96.3 Å². The predicted molar refractivity (Wildman–Crippen MR) is 312 cm³/mol. The average Bonchev–Trinajstić information content (AvgIpc) is 4.20. The molecule has 0 aliphatic carbocycles. The van der Waals surface area contributed by atoms with Gasteiger partial charge in [0.2, 0.25) is 41.4 Å². The number of aliphatic imine (C=N–C) groups is 1. The van der Waals surface area contributed by atoms with Gasteiger partial charge in [-0.2, -0.15) is 12.6 Å². The van der Waals surface area contributed by atoms with Crippen molar-refractivity contribution in [3.8, 4) is 0 Å². The number of nitrogens with zero attached hydrogens (tertiary/aromatic N) is 7. The molecule has 7 amide bonds. The van der Waals surface area contributed by atoms with Gasteiger partial charge in [0.1, 0.15) is 0 Å². The molecule has 3 aromatic carbocycles. The molecule has 0 spiro atoms. The summed E-state index contributed by atoms with van der Waals surface area (Å²) in [4.78, 5) is 120. The number of hydrogen-bond donors (Lipinski definition) is 8. The van der Waals surface area contributed by atoms with Gasteiger partial charge in [0.15, 0.2) is 5.96 Å². The van der Waals surface area contributed by atoms with Gasteiger partial charge in [-0.15, -0.1) is 0 Å². The van der Waals surface area contributed by atoms with Gasteiger partial charge in [-0.1, -0.05) is 68.4 Å². The summed E-state index contributed by atoms with van der Waals surface area (Å²) >= 11 is 4.20. The second kappa shape index (κ2) is 30.9. The Labute approximate surface area is 467 Å². The summed E-state index contributed by atoms with van der Waals surface area (Å²) in [7, 11) is 1.47.